The smallest absolute Gasteiger partial charge is 0.115 e. The minimum absolute atomic E-state index is 0.207. The first-order valence-electron chi connectivity index (χ1n) is 3.49. The Morgan fingerprint density at radius 2 is 1.82 bits per heavy atom. The lowest BCUT2D eigenvalue weighted by Crippen LogP contribution is -2.16. The van der Waals surface area contributed by atoms with Gasteiger partial charge >= 0.3 is 0 Å². The molecule has 0 unspecified atom stereocenters. The van der Waals surface area contributed by atoms with E-state index >= 15 is 0 Å². The summed E-state index contributed by atoms with van der Waals surface area (Å²) >= 11 is 0. The van der Waals surface area contributed by atoms with Crippen molar-refractivity contribution in [3.8, 4) is 5.75 Å². The van der Waals surface area contributed by atoms with E-state index in [1.54, 1.807) is 12.1 Å². The van der Waals surface area contributed by atoms with Gasteiger partial charge in [-0.2, -0.15) is 0 Å². The molecular weight excluding hydrogens is 142 g/mol. The van der Waals surface area contributed by atoms with Gasteiger partial charge in [-0.05, 0) is 31.2 Å². The number of phenols is 1. The summed E-state index contributed by atoms with van der Waals surface area (Å²) in [6, 6.07) is 6.38. The third kappa shape index (κ3) is 1.85. The summed E-state index contributed by atoms with van der Waals surface area (Å²) in [5.74, 6) is 0.207. The number of hydrogen-bond donors (Lipinski definition) is 2. The van der Waals surface area contributed by atoms with Crippen LogP contribution in [-0.2, 0) is 0 Å². The first-order chi connectivity index (χ1) is 5.24. The lowest BCUT2D eigenvalue weighted by atomic mass is 10.3. The number of benzene rings is 1. The lowest BCUT2D eigenvalue weighted by molar-refractivity contribution is 0.260. The Morgan fingerprint density at radius 1 is 1.27 bits per heavy atom. The maximum atomic E-state index is 9.17. The van der Waals surface area contributed by atoms with Crippen LogP contribution in [0, 0.1) is 0 Å². The van der Waals surface area contributed by atoms with Crippen LogP contribution < -0.4 is 5.06 Å². The number of hydrogen-bond acceptors (Lipinski definition) is 3. The molecular formula is C8H11NO2. The molecule has 0 heterocycles. The molecule has 0 saturated carbocycles. The van der Waals surface area contributed by atoms with Crippen LogP contribution in [0.4, 0.5) is 5.69 Å². The van der Waals surface area contributed by atoms with Gasteiger partial charge in [0.2, 0.25) is 0 Å². The topological polar surface area (TPSA) is 43.7 Å². The van der Waals surface area contributed by atoms with Crippen molar-refractivity contribution in [1.82, 2.24) is 0 Å². The predicted octanol–water partition coefficient (Wildman–Crippen LogP) is 1.61. The summed E-state index contributed by atoms with van der Waals surface area (Å²) in [5.41, 5.74) is 0.685. The van der Waals surface area contributed by atoms with Gasteiger partial charge in [0, 0.05) is 6.54 Å². The fraction of sp³-hybridized carbons (Fsp3) is 0.250. The van der Waals surface area contributed by atoms with Crippen molar-refractivity contribution in [3.05, 3.63) is 24.3 Å². The maximum absolute atomic E-state index is 9.17. The van der Waals surface area contributed by atoms with Gasteiger partial charge in [0.05, 0.1) is 5.69 Å². The molecule has 0 atom stereocenters. The molecule has 11 heavy (non-hydrogen) atoms. The molecule has 1 rings (SSSR count). The average Bonchev–Trinajstić information content (AvgIpc) is 2.05. The number of aromatic hydroxyl groups is 1. The molecule has 1 aromatic carbocycles. The molecule has 0 radical (unpaired) electrons. The largest absolute Gasteiger partial charge is 0.508 e. The van der Waals surface area contributed by atoms with Crippen molar-refractivity contribution in [1.29, 1.82) is 0 Å². The Balaban J connectivity index is 2.81. The molecule has 0 aliphatic carbocycles. The van der Waals surface area contributed by atoms with Crippen LogP contribution in [0.3, 0.4) is 0 Å². The van der Waals surface area contributed by atoms with E-state index in [2.05, 4.69) is 0 Å². The monoisotopic (exact) mass is 153 g/mol. The third-order valence-electron chi connectivity index (χ3n) is 1.45. The molecule has 3 heteroatoms. The zero-order chi connectivity index (χ0) is 8.27. The molecule has 0 aliphatic rings. The average molecular weight is 153 g/mol. The number of anilines is 1. The van der Waals surface area contributed by atoms with E-state index in [1.807, 2.05) is 6.92 Å². The Labute approximate surface area is 65.5 Å². The molecule has 0 fully saturated rings. The molecule has 2 N–H and O–H groups in total. The summed E-state index contributed by atoms with van der Waals surface area (Å²) in [4.78, 5) is 0. The van der Waals surface area contributed by atoms with Crippen LogP contribution in [0.25, 0.3) is 0 Å². The number of hydroxylamine groups is 1. The Bertz CT molecular complexity index is 220. The van der Waals surface area contributed by atoms with Crippen molar-refractivity contribution in [2.75, 3.05) is 11.6 Å². The quantitative estimate of drug-likeness (QED) is 0.634. The van der Waals surface area contributed by atoms with Crippen LogP contribution in [0.1, 0.15) is 6.92 Å². The van der Waals surface area contributed by atoms with Gasteiger partial charge in [-0.1, -0.05) is 0 Å². The molecule has 60 valence electrons. The molecule has 0 aromatic heterocycles. The van der Waals surface area contributed by atoms with Gasteiger partial charge in [0.1, 0.15) is 5.75 Å². The van der Waals surface area contributed by atoms with Gasteiger partial charge in [-0.3, -0.25) is 10.3 Å². The molecule has 3 nitrogen and oxygen atoms in total. The zero-order valence-electron chi connectivity index (χ0n) is 6.36. The second-order valence-corrected chi connectivity index (χ2v) is 2.23. The van der Waals surface area contributed by atoms with Crippen molar-refractivity contribution in [2.24, 2.45) is 0 Å². The first kappa shape index (κ1) is 7.88. The summed E-state index contributed by atoms with van der Waals surface area (Å²) in [5, 5.41) is 19.2. The van der Waals surface area contributed by atoms with Crippen LogP contribution >= 0.6 is 0 Å². The van der Waals surface area contributed by atoms with Crippen molar-refractivity contribution in [3.63, 3.8) is 0 Å². The highest BCUT2D eigenvalue weighted by Gasteiger charge is 1.97. The van der Waals surface area contributed by atoms with Gasteiger partial charge in [-0.25, -0.2) is 0 Å². The molecule has 0 bridgehead atoms. The Morgan fingerprint density at radius 3 is 2.27 bits per heavy atom. The van der Waals surface area contributed by atoms with Gasteiger partial charge in [0.15, 0.2) is 0 Å². The number of rotatable bonds is 2. The first-order valence-corrected chi connectivity index (χ1v) is 3.49. The third-order valence-corrected chi connectivity index (χ3v) is 1.45. The summed E-state index contributed by atoms with van der Waals surface area (Å²) in [7, 11) is 0. The minimum Gasteiger partial charge on any atom is -0.508 e. The van der Waals surface area contributed by atoms with Crippen LogP contribution in [-0.4, -0.2) is 16.9 Å². The summed E-state index contributed by atoms with van der Waals surface area (Å²) < 4.78 is 0. The normalized spacial score (nSPS) is 9.64. The van der Waals surface area contributed by atoms with Crippen molar-refractivity contribution in [2.45, 2.75) is 6.92 Å². The van der Waals surface area contributed by atoms with E-state index < -0.39 is 0 Å². The molecule has 0 amide bonds. The predicted molar refractivity (Wildman–Crippen MR) is 42.9 cm³/mol. The molecule has 0 aliphatic heterocycles. The molecule has 0 spiro atoms. The van der Waals surface area contributed by atoms with Crippen LogP contribution in [0.2, 0.25) is 0 Å². The maximum Gasteiger partial charge on any atom is 0.115 e. The van der Waals surface area contributed by atoms with E-state index in [4.69, 9.17) is 5.11 Å². The standard InChI is InChI=1S/C8H11NO2/c1-2-9(11)7-3-5-8(10)6-4-7/h3-6,10-11H,2H2,1H3. The number of phenolic OH excluding ortho intramolecular Hbond substituents is 1. The fourth-order valence-corrected chi connectivity index (χ4v) is 0.807. The Kier molecular flexibility index (Phi) is 2.33. The summed E-state index contributed by atoms with van der Waals surface area (Å²) in [6.07, 6.45) is 0. The SMILES string of the molecule is CCN(O)c1ccc(O)cc1. The van der Waals surface area contributed by atoms with E-state index in [0.29, 0.717) is 12.2 Å². The van der Waals surface area contributed by atoms with Crippen molar-refractivity contribution >= 4 is 5.69 Å². The minimum atomic E-state index is 0.207. The second kappa shape index (κ2) is 3.25. The van der Waals surface area contributed by atoms with E-state index in [0.717, 1.165) is 5.06 Å². The zero-order valence-corrected chi connectivity index (χ0v) is 6.36. The summed E-state index contributed by atoms with van der Waals surface area (Å²) in [6.45, 7) is 2.37. The van der Waals surface area contributed by atoms with Gasteiger partial charge < -0.3 is 5.11 Å². The molecule has 1 aromatic rings. The van der Waals surface area contributed by atoms with Crippen LogP contribution in [0.15, 0.2) is 24.3 Å². The Hall–Kier alpha value is -1.22. The highest BCUT2D eigenvalue weighted by Crippen LogP contribution is 2.16. The lowest BCUT2D eigenvalue weighted by Gasteiger charge is -2.13. The molecule has 0 saturated heterocycles. The van der Waals surface area contributed by atoms with E-state index in [1.165, 1.54) is 12.1 Å². The van der Waals surface area contributed by atoms with Crippen LogP contribution in [0.5, 0.6) is 5.75 Å². The highest BCUT2D eigenvalue weighted by molar-refractivity contribution is 5.45. The second-order valence-electron chi connectivity index (χ2n) is 2.23. The van der Waals surface area contributed by atoms with Crippen molar-refractivity contribution < 1.29 is 10.3 Å². The van der Waals surface area contributed by atoms with E-state index in [-0.39, 0.29) is 5.75 Å². The number of nitrogens with zero attached hydrogens (tertiary/aromatic N) is 1. The van der Waals surface area contributed by atoms with E-state index in [9.17, 15) is 5.21 Å². The fourth-order valence-electron chi connectivity index (χ4n) is 0.807. The van der Waals surface area contributed by atoms with Gasteiger partial charge in [0.25, 0.3) is 0 Å². The highest BCUT2D eigenvalue weighted by atomic mass is 16.5. The van der Waals surface area contributed by atoms with Gasteiger partial charge in [-0.15, -0.1) is 0 Å².